The van der Waals surface area contributed by atoms with Gasteiger partial charge >= 0.3 is 0 Å². The first-order chi connectivity index (χ1) is 14.9. The number of nitrogens with zero attached hydrogens (tertiary/aromatic N) is 4. The highest BCUT2D eigenvalue weighted by molar-refractivity contribution is 5.92. The van der Waals surface area contributed by atoms with Gasteiger partial charge < -0.3 is 9.88 Å². The lowest BCUT2D eigenvalue weighted by Crippen LogP contribution is -2.31. The van der Waals surface area contributed by atoms with E-state index in [4.69, 9.17) is 0 Å². The Morgan fingerprint density at radius 2 is 1.87 bits per heavy atom. The third-order valence-electron chi connectivity index (χ3n) is 4.87. The molecule has 8 heteroatoms. The molecule has 2 aromatic heterocycles. The fourth-order valence-electron chi connectivity index (χ4n) is 3.29. The van der Waals surface area contributed by atoms with Gasteiger partial charge in [0, 0.05) is 30.7 Å². The second kappa shape index (κ2) is 8.35. The van der Waals surface area contributed by atoms with Gasteiger partial charge in [0.15, 0.2) is 5.69 Å². The molecule has 0 spiro atoms. The molecule has 0 aliphatic rings. The van der Waals surface area contributed by atoms with Crippen LogP contribution in [0.25, 0.3) is 11.4 Å². The highest BCUT2D eigenvalue weighted by Gasteiger charge is 2.16. The van der Waals surface area contributed by atoms with Gasteiger partial charge in [-0.15, -0.1) is 0 Å². The van der Waals surface area contributed by atoms with E-state index in [2.05, 4.69) is 15.4 Å². The van der Waals surface area contributed by atoms with Crippen molar-refractivity contribution in [3.8, 4) is 11.4 Å². The quantitative estimate of drug-likeness (QED) is 0.541. The summed E-state index contributed by atoms with van der Waals surface area (Å²) in [6, 6.07) is 15.3. The molecule has 4 aromatic rings. The molecule has 4 rings (SSSR count). The van der Waals surface area contributed by atoms with Crippen molar-refractivity contribution in [3.05, 3.63) is 106 Å². The van der Waals surface area contributed by atoms with E-state index < -0.39 is 17.2 Å². The van der Waals surface area contributed by atoms with Gasteiger partial charge in [0.2, 0.25) is 5.43 Å². The van der Waals surface area contributed by atoms with Crippen molar-refractivity contribution in [2.45, 2.75) is 20.4 Å². The number of aryl methyl sites for hydroxylation is 2. The van der Waals surface area contributed by atoms with Crippen molar-refractivity contribution < 1.29 is 9.18 Å². The maximum Gasteiger partial charge on any atom is 0.276 e. The normalized spacial score (nSPS) is 10.8. The maximum atomic E-state index is 14.6. The summed E-state index contributed by atoms with van der Waals surface area (Å²) >= 11 is 0. The summed E-state index contributed by atoms with van der Waals surface area (Å²) in [4.78, 5) is 29.1. The van der Waals surface area contributed by atoms with Gasteiger partial charge in [-0.25, -0.2) is 14.1 Å². The predicted octanol–water partition coefficient (Wildman–Crippen LogP) is 3.10. The van der Waals surface area contributed by atoms with Gasteiger partial charge in [0.1, 0.15) is 11.6 Å². The zero-order valence-corrected chi connectivity index (χ0v) is 17.0. The van der Waals surface area contributed by atoms with Crippen LogP contribution >= 0.6 is 0 Å². The summed E-state index contributed by atoms with van der Waals surface area (Å²) in [6.07, 6.45) is 3.27. The van der Waals surface area contributed by atoms with Crippen molar-refractivity contribution in [2.75, 3.05) is 0 Å². The number of para-hydroxylation sites is 1. The first kappa shape index (κ1) is 20.2. The molecule has 2 heterocycles. The lowest BCUT2D eigenvalue weighted by atomic mass is 10.2. The summed E-state index contributed by atoms with van der Waals surface area (Å²) in [6.45, 7) is 3.58. The Balaban J connectivity index is 1.54. The third-order valence-corrected chi connectivity index (χ3v) is 4.87. The van der Waals surface area contributed by atoms with Crippen molar-refractivity contribution in [2.24, 2.45) is 0 Å². The summed E-state index contributed by atoms with van der Waals surface area (Å²) in [5.74, 6) is -0.391. The number of hydrogen-bond acceptors (Lipinski definition) is 4. The Bertz CT molecular complexity index is 1310. The van der Waals surface area contributed by atoms with Crippen LogP contribution in [0.3, 0.4) is 0 Å². The fraction of sp³-hybridized carbons (Fsp3) is 0.130. The molecule has 1 amide bonds. The van der Waals surface area contributed by atoms with Crippen LogP contribution in [0.5, 0.6) is 0 Å². The van der Waals surface area contributed by atoms with Crippen molar-refractivity contribution in [1.82, 2.24) is 24.6 Å². The highest BCUT2D eigenvalue weighted by atomic mass is 19.1. The summed E-state index contributed by atoms with van der Waals surface area (Å²) < 4.78 is 17.7. The number of rotatable bonds is 5. The molecule has 0 atom stereocenters. The Hall–Kier alpha value is -4.07. The van der Waals surface area contributed by atoms with Crippen LogP contribution in [-0.2, 0) is 6.54 Å². The number of halogens is 1. The molecule has 0 unspecified atom stereocenters. The van der Waals surface area contributed by atoms with Crippen molar-refractivity contribution in [1.29, 1.82) is 0 Å². The molecular weight excluding hydrogens is 397 g/mol. The van der Waals surface area contributed by atoms with Gasteiger partial charge in [-0.1, -0.05) is 24.3 Å². The van der Waals surface area contributed by atoms with Gasteiger partial charge in [-0.2, -0.15) is 5.10 Å². The minimum absolute atomic E-state index is 0.0548. The van der Waals surface area contributed by atoms with Crippen molar-refractivity contribution in [3.63, 3.8) is 0 Å². The molecule has 1 N–H and O–H groups in total. The van der Waals surface area contributed by atoms with Gasteiger partial charge in [0.05, 0.1) is 11.4 Å². The molecule has 0 aliphatic heterocycles. The largest absolute Gasteiger partial charge is 0.346 e. The first-order valence-electron chi connectivity index (χ1n) is 9.67. The lowest BCUT2D eigenvalue weighted by molar-refractivity contribution is 0.0943. The van der Waals surface area contributed by atoms with Crippen LogP contribution in [0.4, 0.5) is 4.39 Å². The summed E-state index contributed by atoms with van der Waals surface area (Å²) in [7, 11) is 0. The maximum absolute atomic E-state index is 14.6. The first-order valence-corrected chi connectivity index (χ1v) is 9.67. The molecule has 0 bridgehead atoms. The molecule has 156 valence electrons. The predicted molar refractivity (Wildman–Crippen MR) is 114 cm³/mol. The van der Waals surface area contributed by atoms with E-state index in [1.54, 1.807) is 42.9 Å². The number of hydrogen-bond donors (Lipinski definition) is 1. The van der Waals surface area contributed by atoms with E-state index in [1.807, 2.05) is 30.3 Å². The molecule has 7 nitrogen and oxygen atoms in total. The van der Waals surface area contributed by atoms with Gasteiger partial charge in [0.25, 0.3) is 5.91 Å². The van der Waals surface area contributed by atoms with Crippen molar-refractivity contribution >= 4 is 5.91 Å². The Morgan fingerprint density at radius 1 is 1.10 bits per heavy atom. The second-order valence-corrected chi connectivity index (χ2v) is 7.06. The number of aromatic nitrogens is 4. The topological polar surface area (TPSA) is 81.8 Å². The molecule has 0 aliphatic carbocycles. The number of benzene rings is 2. The van der Waals surface area contributed by atoms with Crippen LogP contribution in [-0.4, -0.2) is 25.2 Å². The molecule has 31 heavy (non-hydrogen) atoms. The fourth-order valence-corrected chi connectivity index (χ4v) is 3.29. The third kappa shape index (κ3) is 4.13. The van der Waals surface area contributed by atoms with Gasteiger partial charge in [-0.3, -0.25) is 9.59 Å². The van der Waals surface area contributed by atoms with Gasteiger partial charge in [-0.05, 0) is 43.7 Å². The Morgan fingerprint density at radius 3 is 2.55 bits per heavy atom. The van der Waals surface area contributed by atoms with Crippen LogP contribution in [0.2, 0.25) is 0 Å². The number of imidazole rings is 1. The lowest BCUT2D eigenvalue weighted by Gasteiger charge is -2.12. The van der Waals surface area contributed by atoms with E-state index in [0.29, 0.717) is 22.8 Å². The zero-order chi connectivity index (χ0) is 22.0. The van der Waals surface area contributed by atoms with E-state index in [0.717, 1.165) is 5.69 Å². The molecule has 0 saturated heterocycles. The van der Waals surface area contributed by atoms with Crippen LogP contribution < -0.4 is 10.7 Å². The average molecular weight is 417 g/mol. The second-order valence-electron chi connectivity index (χ2n) is 7.06. The minimum Gasteiger partial charge on any atom is -0.346 e. The molecule has 2 aromatic carbocycles. The van der Waals surface area contributed by atoms with E-state index in [1.165, 1.54) is 16.8 Å². The summed E-state index contributed by atoms with van der Waals surface area (Å²) in [5.41, 5.74) is 1.58. The Kier molecular flexibility index (Phi) is 5.44. The van der Waals surface area contributed by atoms with Crippen LogP contribution in [0, 0.1) is 19.7 Å². The highest BCUT2D eigenvalue weighted by Crippen LogP contribution is 2.17. The van der Waals surface area contributed by atoms with E-state index in [-0.39, 0.29) is 12.2 Å². The number of amides is 1. The molecule has 0 radical (unpaired) electrons. The molecule has 0 saturated carbocycles. The molecule has 0 fully saturated rings. The zero-order valence-electron chi connectivity index (χ0n) is 17.0. The minimum atomic E-state index is -0.621. The van der Waals surface area contributed by atoms with E-state index >= 15 is 0 Å². The van der Waals surface area contributed by atoms with Crippen LogP contribution in [0.15, 0.2) is 71.8 Å². The standard InChI is InChI=1S/C23H20FN5O2/c1-15-12-21(30)22(27-29(15)18-6-4-3-5-7-18)23(31)26-14-17-8-9-20(19(24)13-17)28-11-10-25-16(28)2/h3-13H,14H2,1-2H3,(H,26,31). The molecular formula is C23H20FN5O2. The SMILES string of the molecule is Cc1nccn1-c1ccc(CNC(=O)c2nn(-c3ccccc3)c(C)cc2=O)cc1F. The number of nitrogens with one attached hydrogen (secondary N) is 1. The average Bonchev–Trinajstić information content (AvgIpc) is 3.18. The van der Waals surface area contributed by atoms with E-state index in [9.17, 15) is 14.0 Å². The number of carbonyl (C=O) groups excluding carboxylic acids is 1. The van der Waals surface area contributed by atoms with Crippen LogP contribution in [0.1, 0.15) is 27.6 Å². The smallest absolute Gasteiger partial charge is 0.276 e. The number of carbonyl (C=O) groups is 1. The Labute approximate surface area is 177 Å². The summed E-state index contributed by atoms with van der Waals surface area (Å²) in [5, 5.41) is 6.88. The monoisotopic (exact) mass is 417 g/mol.